The summed E-state index contributed by atoms with van der Waals surface area (Å²) in [6.45, 7) is 13.0. The molecule has 0 aliphatic rings. The van der Waals surface area contributed by atoms with Crippen LogP contribution in [0.3, 0.4) is 0 Å². The van der Waals surface area contributed by atoms with Crippen LogP contribution in [0.25, 0.3) is 0 Å². The number of amides is 2. The van der Waals surface area contributed by atoms with E-state index in [0.717, 1.165) is 24.0 Å². The van der Waals surface area contributed by atoms with Gasteiger partial charge >= 0.3 is 18.2 Å². The number of aliphatic carboxylic acids is 1. The summed E-state index contributed by atoms with van der Waals surface area (Å²) < 4.78 is 21.6. The second-order valence-corrected chi connectivity index (χ2v) is 11.5. The molecule has 230 valence electrons. The quantitative estimate of drug-likeness (QED) is 0.165. The van der Waals surface area contributed by atoms with Gasteiger partial charge in [-0.05, 0) is 96.7 Å². The van der Waals surface area contributed by atoms with E-state index in [4.69, 9.17) is 18.9 Å². The number of guanidine groups is 1. The monoisotopic (exact) mass is 585 g/mol. The zero-order chi connectivity index (χ0) is 31.3. The summed E-state index contributed by atoms with van der Waals surface area (Å²) >= 11 is 0. The molecule has 0 saturated carbocycles. The second-order valence-electron chi connectivity index (χ2n) is 11.5. The minimum Gasteiger partial charge on any atom is -0.494 e. The van der Waals surface area contributed by atoms with Crippen LogP contribution < -0.4 is 15.4 Å². The fourth-order valence-electron chi connectivity index (χ4n) is 3.58. The first kappa shape index (κ1) is 34.1. The fourth-order valence-corrected chi connectivity index (χ4v) is 3.58. The Morgan fingerprint density at radius 3 is 2.02 bits per heavy atom. The van der Waals surface area contributed by atoms with Crippen molar-refractivity contribution in [1.82, 2.24) is 5.32 Å². The number of aryl methyl sites for hydroxylation is 1. The first-order valence-electron chi connectivity index (χ1n) is 13.9. The Labute approximate surface area is 247 Å². The molecule has 3 N–H and O–H groups in total. The molecule has 0 aliphatic carbocycles. The molecule has 2 amide bonds. The Kier molecular flexibility index (Phi) is 12.8. The Morgan fingerprint density at radius 1 is 0.881 bits per heavy atom. The number of nitrogens with zero attached hydrogens (tertiary/aromatic N) is 1. The zero-order valence-electron chi connectivity index (χ0n) is 25.5. The normalized spacial score (nSPS) is 12.7. The SMILES string of the molecule is CCO[C@@H](Cc1ccc(OCCCc2ccc(N/C(=N/C(=O)OC(C)(C)C)NC(=O)OC(C)(C)C)cc2)cc1)C(=O)O. The van der Waals surface area contributed by atoms with Crippen molar-refractivity contribution in [3.8, 4) is 5.75 Å². The van der Waals surface area contributed by atoms with Crippen molar-refractivity contribution >= 4 is 29.8 Å². The molecular formula is C31H43N3O8. The number of anilines is 1. The van der Waals surface area contributed by atoms with Crippen LogP contribution in [0.15, 0.2) is 53.5 Å². The Balaban J connectivity index is 1.90. The standard InChI is InChI=1S/C31H43N3O8/c1-8-39-25(26(35)36)20-22-13-17-24(18-14-22)40-19-9-10-21-11-15-23(16-12-21)32-27(33-28(37)41-30(2,3)4)34-29(38)42-31(5,6)7/h11-18,25H,8-10,19-20H2,1-7H3,(H,35,36)(H2,32,33,34,37,38)/t25-/m0/s1. The van der Waals surface area contributed by atoms with Crippen LogP contribution in [-0.2, 0) is 31.8 Å². The number of carboxylic acid groups (broad SMARTS) is 1. The van der Waals surface area contributed by atoms with Gasteiger partial charge in [-0.15, -0.1) is 4.99 Å². The molecular weight excluding hydrogens is 542 g/mol. The topological polar surface area (TPSA) is 145 Å². The number of carbonyl (C=O) groups is 3. The first-order chi connectivity index (χ1) is 19.6. The van der Waals surface area contributed by atoms with Crippen molar-refractivity contribution in [2.24, 2.45) is 4.99 Å². The summed E-state index contributed by atoms with van der Waals surface area (Å²) in [5.41, 5.74) is 1.05. The number of rotatable bonds is 11. The molecule has 0 radical (unpaired) electrons. The molecule has 0 spiro atoms. The van der Waals surface area contributed by atoms with Gasteiger partial charge in [0, 0.05) is 18.7 Å². The highest BCUT2D eigenvalue weighted by Crippen LogP contribution is 2.16. The maximum absolute atomic E-state index is 12.3. The second kappa shape index (κ2) is 15.8. The van der Waals surface area contributed by atoms with Crippen LogP contribution in [0.4, 0.5) is 15.3 Å². The van der Waals surface area contributed by atoms with Crippen LogP contribution >= 0.6 is 0 Å². The average molecular weight is 586 g/mol. The summed E-state index contributed by atoms with van der Waals surface area (Å²) in [6, 6.07) is 14.8. The van der Waals surface area contributed by atoms with Crippen LogP contribution in [0.2, 0.25) is 0 Å². The lowest BCUT2D eigenvalue weighted by Crippen LogP contribution is -2.40. The van der Waals surface area contributed by atoms with E-state index >= 15 is 0 Å². The summed E-state index contributed by atoms with van der Waals surface area (Å²) in [5, 5.41) is 14.6. The number of carbonyl (C=O) groups excluding carboxylic acids is 2. The summed E-state index contributed by atoms with van der Waals surface area (Å²) in [5.74, 6) is -0.397. The third-order valence-corrected chi connectivity index (χ3v) is 5.30. The molecule has 2 aromatic rings. The van der Waals surface area contributed by atoms with Crippen LogP contribution in [0.5, 0.6) is 5.75 Å². The Hall–Kier alpha value is -4.12. The third-order valence-electron chi connectivity index (χ3n) is 5.30. The highest BCUT2D eigenvalue weighted by atomic mass is 16.6. The van der Waals surface area contributed by atoms with Gasteiger partial charge in [0.15, 0.2) is 6.10 Å². The smallest absolute Gasteiger partial charge is 0.437 e. The lowest BCUT2D eigenvalue weighted by Gasteiger charge is -2.21. The van der Waals surface area contributed by atoms with Crippen molar-refractivity contribution < 1.29 is 38.4 Å². The number of alkyl carbamates (subject to hydrolysis) is 1. The molecule has 2 aromatic carbocycles. The molecule has 0 saturated heterocycles. The minimum atomic E-state index is -0.979. The van der Waals surface area contributed by atoms with E-state index in [0.29, 0.717) is 31.1 Å². The van der Waals surface area contributed by atoms with Crippen LogP contribution in [-0.4, -0.2) is 59.7 Å². The molecule has 0 aliphatic heterocycles. The summed E-state index contributed by atoms with van der Waals surface area (Å²) in [7, 11) is 0. The zero-order valence-corrected chi connectivity index (χ0v) is 25.5. The Morgan fingerprint density at radius 2 is 1.48 bits per heavy atom. The van der Waals surface area contributed by atoms with Crippen molar-refractivity contribution in [2.75, 3.05) is 18.5 Å². The van der Waals surface area contributed by atoms with Crippen LogP contribution in [0, 0.1) is 0 Å². The molecule has 42 heavy (non-hydrogen) atoms. The number of hydrogen-bond acceptors (Lipinski definition) is 7. The Bertz CT molecular complexity index is 1200. The molecule has 0 fully saturated rings. The number of aliphatic imine (C=N–C) groups is 1. The van der Waals surface area contributed by atoms with E-state index in [1.165, 1.54) is 0 Å². The molecule has 1 atom stereocenters. The lowest BCUT2D eigenvalue weighted by atomic mass is 10.1. The number of ether oxygens (including phenoxy) is 4. The molecule has 0 unspecified atom stereocenters. The van der Waals surface area contributed by atoms with Gasteiger partial charge in [0.1, 0.15) is 17.0 Å². The van der Waals surface area contributed by atoms with Gasteiger partial charge in [0.25, 0.3) is 0 Å². The lowest BCUT2D eigenvalue weighted by molar-refractivity contribution is -0.149. The predicted molar refractivity (Wildman–Crippen MR) is 160 cm³/mol. The maximum Gasteiger partial charge on any atom is 0.437 e. The van der Waals surface area contributed by atoms with Gasteiger partial charge in [-0.3, -0.25) is 5.32 Å². The van der Waals surface area contributed by atoms with Crippen molar-refractivity contribution in [1.29, 1.82) is 0 Å². The molecule has 0 aromatic heterocycles. The van der Waals surface area contributed by atoms with Crippen LogP contribution in [0.1, 0.15) is 66.0 Å². The van der Waals surface area contributed by atoms with Gasteiger partial charge in [0.05, 0.1) is 6.61 Å². The maximum atomic E-state index is 12.3. The van der Waals surface area contributed by atoms with E-state index in [1.807, 2.05) is 48.5 Å². The van der Waals surface area contributed by atoms with Gasteiger partial charge in [-0.1, -0.05) is 24.3 Å². The molecule has 0 heterocycles. The van der Waals surface area contributed by atoms with Gasteiger partial charge < -0.3 is 29.4 Å². The van der Waals surface area contributed by atoms with E-state index in [9.17, 15) is 19.5 Å². The minimum absolute atomic E-state index is 0.123. The largest absolute Gasteiger partial charge is 0.494 e. The number of benzene rings is 2. The predicted octanol–water partition coefficient (Wildman–Crippen LogP) is 5.96. The average Bonchev–Trinajstić information content (AvgIpc) is 2.85. The van der Waals surface area contributed by atoms with Crippen molar-refractivity contribution in [2.45, 2.75) is 85.0 Å². The van der Waals surface area contributed by atoms with Gasteiger partial charge in [0.2, 0.25) is 5.96 Å². The summed E-state index contributed by atoms with van der Waals surface area (Å²) in [4.78, 5) is 39.7. The highest BCUT2D eigenvalue weighted by molar-refractivity contribution is 6.06. The fraction of sp³-hybridized carbons (Fsp3) is 0.484. The number of nitrogens with one attached hydrogen (secondary N) is 2. The molecule has 11 nitrogen and oxygen atoms in total. The summed E-state index contributed by atoms with van der Waals surface area (Å²) in [6.07, 6.45) is -0.665. The number of carboxylic acids is 1. The molecule has 11 heteroatoms. The van der Waals surface area contributed by atoms with Crippen molar-refractivity contribution in [3.05, 3.63) is 59.7 Å². The van der Waals surface area contributed by atoms with E-state index in [1.54, 1.807) is 48.5 Å². The van der Waals surface area contributed by atoms with Gasteiger partial charge in [-0.2, -0.15) is 0 Å². The highest BCUT2D eigenvalue weighted by Gasteiger charge is 2.21. The number of hydrogen-bond donors (Lipinski definition) is 3. The first-order valence-corrected chi connectivity index (χ1v) is 13.9. The van der Waals surface area contributed by atoms with Crippen molar-refractivity contribution in [3.63, 3.8) is 0 Å². The molecule has 2 rings (SSSR count). The van der Waals surface area contributed by atoms with E-state index in [-0.39, 0.29) is 5.96 Å². The molecule has 0 bridgehead atoms. The van der Waals surface area contributed by atoms with Gasteiger partial charge in [-0.25, -0.2) is 14.4 Å². The third kappa shape index (κ3) is 14.0. The van der Waals surface area contributed by atoms with E-state index in [2.05, 4.69) is 15.6 Å². The van der Waals surface area contributed by atoms with E-state index < -0.39 is 35.5 Å².